The molecule has 0 aromatic heterocycles. The van der Waals surface area contributed by atoms with Crippen molar-refractivity contribution in [2.24, 2.45) is 5.73 Å². The van der Waals surface area contributed by atoms with E-state index in [0.717, 1.165) is 30.1 Å². The standard InChI is InChI=1S/C16H23N3O/c1-11-8-14(10-19(11)15-6-7-15)18-16(20)13-4-2-12(9-17)3-5-13/h2-5,11,14-15H,6-10,17H2,1H3,(H,18,20)/t11-,14+/m1/s1. The Morgan fingerprint density at radius 3 is 2.65 bits per heavy atom. The molecule has 0 spiro atoms. The summed E-state index contributed by atoms with van der Waals surface area (Å²) in [5.41, 5.74) is 7.34. The summed E-state index contributed by atoms with van der Waals surface area (Å²) in [7, 11) is 0. The minimum Gasteiger partial charge on any atom is -0.348 e. The third-order valence-corrected chi connectivity index (χ3v) is 4.43. The maximum absolute atomic E-state index is 12.2. The fourth-order valence-electron chi connectivity index (χ4n) is 3.14. The molecule has 4 heteroatoms. The van der Waals surface area contributed by atoms with E-state index in [4.69, 9.17) is 5.73 Å². The molecule has 1 aliphatic heterocycles. The predicted octanol–water partition coefficient (Wildman–Crippen LogP) is 1.50. The SMILES string of the molecule is C[C@@H]1C[C@H](NC(=O)c2ccc(CN)cc2)CN1C1CC1. The molecule has 2 aliphatic rings. The molecule has 108 valence electrons. The van der Waals surface area contributed by atoms with E-state index in [1.54, 1.807) is 0 Å². The molecule has 4 nitrogen and oxygen atoms in total. The number of hydrogen-bond donors (Lipinski definition) is 2. The summed E-state index contributed by atoms with van der Waals surface area (Å²) >= 11 is 0. The van der Waals surface area contributed by atoms with Crippen molar-refractivity contribution < 1.29 is 4.79 Å². The van der Waals surface area contributed by atoms with Crippen LogP contribution in [0.1, 0.15) is 42.1 Å². The highest BCUT2D eigenvalue weighted by Gasteiger charge is 2.39. The minimum absolute atomic E-state index is 0.0309. The number of rotatable bonds is 4. The largest absolute Gasteiger partial charge is 0.348 e. The number of hydrogen-bond acceptors (Lipinski definition) is 3. The fourth-order valence-corrected chi connectivity index (χ4v) is 3.14. The third kappa shape index (κ3) is 2.86. The highest BCUT2D eigenvalue weighted by molar-refractivity contribution is 5.94. The first-order valence-corrected chi connectivity index (χ1v) is 7.53. The number of carbonyl (C=O) groups excluding carboxylic acids is 1. The Labute approximate surface area is 120 Å². The van der Waals surface area contributed by atoms with E-state index >= 15 is 0 Å². The van der Waals surface area contributed by atoms with Crippen molar-refractivity contribution in [1.29, 1.82) is 0 Å². The van der Waals surface area contributed by atoms with Crippen molar-refractivity contribution >= 4 is 5.91 Å². The Hall–Kier alpha value is -1.39. The van der Waals surface area contributed by atoms with Crippen LogP contribution in [0.5, 0.6) is 0 Å². The van der Waals surface area contributed by atoms with Crippen LogP contribution in [0.15, 0.2) is 24.3 Å². The zero-order valence-corrected chi connectivity index (χ0v) is 12.0. The number of nitrogens with one attached hydrogen (secondary N) is 1. The first-order valence-electron chi connectivity index (χ1n) is 7.53. The van der Waals surface area contributed by atoms with Crippen LogP contribution < -0.4 is 11.1 Å². The molecule has 20 heavy (non-hydrogen) atoms. The molecule has 0 bridgehead atoms. The average molecular weight is 273 g/mol. The van der Waals surface area contributed by atoms with E-state index in [2.05, 4.69) is 17.1 Å². The molecule has 1 saturated carbocycles. The van der Waals surface area contributed by atoms with E-state index in [-0.39, 0.29) is 11.9 Å². The Balaban J connectivity index is 1.58. The lowest BCUT2D eigenvalue weighted by molar-refractivity contribution is 0.0937. The molecule has 1 amide bonds. The van der Waals surface area contributed by atoms with Crippen LogP contribution in [0.3, 0.4) is 0 Å². The van der Waals surface area contributed by atoms with E-state index in [1.165, 1.54) is 12.8 Å². The third-order valence-electron chi connectivity index (χ3n) is 4.43. The number of benzene rings is 1. The van der Waals surface area contributed by atoms with Gasteiger partial charge in [0.2, 0.25) is 0 Å². The smallest absolute Gasteiger partial charge is 0.251 e. The Kier molecular flexibility index (Phi) is 3.76. The van der Waals surface area contributed by atoms with E-state index in [1.807, 2.05) is 24.3 Å². The van der Waals surface area contributed by atoms with Crippen LogP contribution in [0, 0.1) is 0 Å². The van der Waals surface area contributed by atoms with Crippen LogP contribution in [-0.4, -0.2) is 35.5 Å². The second kappa shape index (κ2) is 5.54. The number of likely N-dealkylation sites (tertiary alicyclic amines) is 1. The van der Waals surface area contributed by atoms with Gasteiger partial charge in [-0.2, -0.15) is 0 Å². The van der Waals surface area contributed by atoms with Gasteiger partial charge in [0.15, 0.2) is 0 Å². The Morgan fingerprint density at radius 1 is 1.35 bits per heavy atom. The van der Waals surface area contributed by atoms with Gasteiger partial charge in [-0.15, -0.1) is 0 Å². The number of nitrogens with two attached hydrogens (primary N) is 1. The first kappa shape index (κ1) is 13.6. The van der Waals surface area contributed by atoms with E-state index < -0.39 is 0 Å². The fraction of sp³-hybridized carbons (Fsp3) is 0.562. The normalized spacial score (nSPS) is 26.7. The molecule has 1 heterocycles. The van der Waals surface area contributed by atoms with Crippen LogP contribution in [0.2, 0.25) is 0 Å². The van der Waals surface area contributed by atoms with Gasteiger partial charge < -0.3 is 11.1 Å². The summed E-state index contributed by atoms with van der Waals surface area (Å²) in [4.78, 5) is 14.8. The lowest BCUT2D eigenvalue weighted by Gasteiger charge is -2.19. The summed E-state index contributed by atoms with van der Waals surface area (Å²) in [6, 6.07) is 9.20. The molecule has 1 aliphatic carbocycles. The molecule has 0 unspecified atom stereocenters. The van der Waals surface area contributed by atoms with Crippen LogP contribution in [0.25, 0.3) is 0 Å². The van der Waals surface area contributed by atoms with Crippen molar-refractivity contribution in [3.05, 3.63) is 35.4 Å². The monoisotopic (exact) mass is 273 g/mol. The van der Waals surface area contributed by atoms with Gasteiger partial charge in [-0.1, -0.05) is 12.1 Å². The van der Waals surface area contributed by atoms with Crippen molar-refractivity contribution in [3.8, 4) is 0 Å². The van der Waals surface area contributed by atoms with Gasteiger partial charge in [0.05, 0.1) is 0 Å². The molecule has 2 fully saturated rings. The second-order valence-corrected chi connectivity index (χ2v) is 6.08. The van der Waals surface area contributed by atoms with Gasteiger partial charge in [-0.3, -0.25) is 9.69 Å². The minimum atomic E-state index is 0.0309. The van der Waals surface area contributed by atoms with E-state index in [9.17, 15) is 4.79 Å². The second-order valence-electron chi connectivity index (χ2n) is 6.08. The highest BCUT2D eigenvalue weighted by Crippen LogP contribution is 2.33. The van der Waals surface area contributed by atoms with Crippen LogP contribution >= 0.6 is 0 Å². The lowest BCUT2D eigenvalue weighted by atomic mass is 10.1. The zero-order valence-electron chi connectivity index (χ0n) is 12.0. The quantitative estimate of drug-likeness (QED) is 0.874. The average Bonchev–Trinajstić information content (AvgIpc) is 3.23. The maximum atomic E-state index is 12.2. The summed E-state index contributed by atoms with van der Waals surface area (Å²) in [5.74, 6) is 0.0309. The summed E-state index contributed by atoms with van der Waals surface area (Å²) < 4.78 is 0. The van der Waals surface area contributed by atoms with E-state index in [0.29, 0.717) is 12.6 Å². The molecule has 1 saturated heterocycles. The summed E-state index contributed by atoms with van der Waals surface area (Å²) in [5, 5.41) is 3.16. The van der Waals surface area contributed by atoms with Crippen molar-refractivity contribution in [2.45, 2.75) is 50.9 Å². The molecule has 3 rings (SSSR count). The molecular formula is C16H23N3O. The van der Waals surface area contributed by atoms with Crippen molar-refractivity contribution in [3.63, 3.8) is 0 Å². The van der Waals surface area contributed by atoms with Crippen LogP contribution in [0.4, 0.5) is 0 Å². The van der Waals surface area contributed by atoms with Gasteiger partial charge in [0.1, 0.15) is 0 Å². The van der Waals surface area contributed by atoms with Gasteiger partial charge in [-0.05, 0) is 43.9 Å². The Bertz CT molecular complexity index is 481. The topological polar surface area (TPSA) is 58.4 Å². The van der Waals surface area contributed by atoms with Crippen molar-refractivity contribution in [2.75, 3.05) is 6.54 Å². The summed E-state index contributed by atoms with van der Waals surface area (Å²) in [6.45, 7) is 3.78. The van der Waals surface area contributed by atoms with Gasteiger partial charge in [0, 0.05) is 36.8 Å². The maximum Gasteiger partial charge on any atom is 0.251 e. The lowest BCUT2D eigenvalue weighted by Crippen LogP contribution is -2.37. The molecule has 1 aromatic rings. The zero-order chi connectivity index (χ0) is 14.1. The first-order chi connectivity index (χ1) is 9.67. The number of amides is 1. The highest BCUT2D eigenvalue weighted by atomic mass is 16.1. The van der Waals surface area contributed by atoms with Gasteiger partial charge >= 0.3 is 0 Å². The Morgan fingerprint density at radius 2 is 2.05 bits per heavy atom. The number of nitrogens with zero attached hydrogens (tertiary/aromatic N) is 1. The van der Waals surface area contributed by atoms with Crippen molar-refractivity contribution in [1.82, 2.24) is 10.2 Å². The molecule has 2 atom stereocenters. The van der Waals surface area contributed by atoms with Crippen LogP contribution in [-0.2, 0) is 6.54 Å². The summed E-state index contributed by atoms with van der Waals surface area (Å²) in [6.07, 6.45) is 3.71. The molecule has 3 N–H and O–H groups in total. The molecule has 1 aromatic carbocycles. The predicted molar refractivity (Wildman–Crippen MR) is 79.4 cm³/mol. The van der Waals surface area contributed by atoms with Gasteiger partial charge in [0.25, 0.3) is 5.91 Å². The molecule has 0 radical (unpaired) electrons. The van der Waals surface area contributed by atoms with Gasteiger partial charge in [-0.25, -0.2) is 0 Å². The molecular weight excluding hydrogens is 250 g/mol. The number of carbonyl (C=O) groups is 1.